The molecule has 0 aliphatic heterocycles. The lowest BCUT2D eigenvalue weighted by Crippen LogP contribution is -2.24. The Hall–Kier alpha value is -0.563. The van der Waals surface area contributed by atoms with Gasteiger partial charge in [-0.1, -0.05) is 43.4 Å². The van der Waals surface area contributed by atoms with E-state index < -0.39 is 8.07 Å². The molecule has 0 amide bonds. The predicted octanol–water partition coefficient (Wildman–Crippen LogP) is 3.72. The minimum absolute atomic E-state index is 0.947. The van der Waals surface area contributed by atoms with Crippen LogP contribution in [-0.2, 0) is 6.04 Å². The monoisotopic (exact) mass is 192 g/mol. The third-order valence-electron chi connectivity index (χ3n) is 2.22. The Morgan fingerprint density at radius 1 is 1.08 bits per heavy atom. The fourth-order valence-electron chi connectivity index (χ4n) is 1.62. The first-order chi connectivity index (χ1) is 5.88. The molecule has 0 heterocycles. The molecule has 0 atom stereocenters. The summed E-state index contributed by atoms with van der Waals surface area (Å²) in [5.41, 5.74) is 4.38. The first kappa shape index (κ1) is 10.5. The zero-order valence-corrected chi connectivity index (χ0v) is 10.4. The summed E-state index contributed by atoms with van der Waals surface area (Å²) in [6.45, 7) is 11.7. The summed E-state index contributed by atoms with van der Waals surface area (Å²) in [5, 5.41) is 0. The van der Waals surface area contributed by atoms with E-state index in [4.69, 9.17) is 0 Å². The van der Waals surface area contributed by atoms with Crippen molar-refractivity contribution in [1.82, 2.24) is 0 Å². The van der Waals surface area contributed by atoms with Crippen molar-refractivity contribution in [2.24, 2.45) is 0 Å². The average molecular weight is 192 g/mol. The topological polar surface area (TPSA) is 0 Å². The second-order valence-electron chi connectivity index (χ2n) is 5.17. The van der Waals surface area contributed by atoms with Gasteiger partial charge in [0.25, 0.3) is 0 Å². The first-order valence-electron chi connectivity index (χ1n) is 4.95. The fourth-order valence-corrected chi connectivity index (χ4v) is 3.15. The first-order valence-corrected chi connectivity index (χ1v) is 8.65. The summed E-state index contributed by atoms with van der Waals surface area (Å²) in [7, 11) is -0.947. The van der Waals surface area contributed by atoms with Crippen LogP contribution in [0.25, 0.3) is 0 Å². The zero-order chi connectivity index (χ0) is 10.1. The largest absolute Gasteiger partial charge is 0.0693 e. The summed E-state index contributed by atoms with van der Waals surface area (Å²) in [6.07, 6.45) is 0. The summed E-state index contributed by atoms with van der Waals surface area (Å²) in [6, 6.07) is 8.11. The van der Waals surface area contributed by atoms with Crippen molar-refractivity contribution in [2.75, 3.05) is 0 Å². The van der Waals surface area contributed by atoms with E-state index in [1.165, 1.54) is 17.2 Å². The lowest BCUT2D eigenvalue weighted by molar-refractivity contribution is 1.23. The van der Waals surface area contributed by atoms with Crippen LogP contribution in [-0.4, -0.2) is 8.07 Å². The number of aryl methyl sites for hydroxylation is 2. The Balaban J connectivity index is 2.90. The molecule has 13 heavy (non-hydrogen) atoms. The van der Waals surface area contributed by atoms with Gasteiger partial charge in [-0.3, -0.25) is 0 Å². The van der Waals surface area contributed by atoms with Gasteiger partial charge in [-0.2, -0.15) is 0 Å². The second kappa shape index (κ2) is 3.67. The van der Waals surface area contributed by atoms with E-state index in [1.54, 1.807) is 5.56 Å². The molecule has 0 unspecified atom stereocenters. The molecular weight excluding hydrogens is 172 g/mol. The molecular formula is C12H20Si. The van der Waals surface area contributed by atoms with Crippen molar-refractivity contribution in [2.45, 2.75) is 39.5 Å². The Morgan fingerprint density at radius 2 is 1.69 bits per heavy atom. The summed E-state index contributed by atoms with van der Waals surface area (Å²) < 4.78 is 0. The van der Waals surface area contributed by atoms with Crippen molar-refractivity contribution >= 4 is 8.07 Å². The highest BCUT2D eigenvalue weighted by molar-refractivity contribution is 6.75. The minimum Gasteiger partial charge on any atom is -0.0693 e. The maximum absolute atomic E-state index is 2.42. The van der Waals surface area contributed by atoms with Gasteiger partial charge in [0, 0.05) is 8.07 Å². The Bertz CT molecular complexity index is 294. The highest BCUT2D eigenvalue weighted by atomic mass is 28.3. The van der Waals surface area contributed by atoms with Crippen molar-refractivity contribution in [1.29, 1.82) is 0 Å². The van der Waals surface area contributed by atoms with E-state index in [0.29, 0.717) is 0 Å². The lowest BCUT2D eigenvalue weighted by atomic mass is 10.1. The van der Waals surface area contributed by atoms with E-state index in [9.17, 15) is 0 Å². The van der Waals surface area contributed by atoms with Gasteiger partial charge in [-0.05, 0) is 31.0 Å². The van der Waals surface area contributed by atoms with Crippen LogP contribution in [0.5, 0.6) is 0 Å². The van der Waals surface area contributed by atoms with Crippen LogP contribution in [0.15, 0.2) is 18.2 Å². The number of hydrogen-bond acceptors (Lipinski definition) is 0. The van der Waals surface area contributed by atoms with Crippen LogP contribution in [0.2, 0.25) is 19.6 Å². The molecule has 0 aliphatic rings. The average Bonchev–Trinajstić information content (AvgIpc) is 1.93. The molecule has 1 aromatic rings. The summed E-state index contributed by atoms with van der Waals surface area (Å²) in [5.74, 6) is 0. The minimum atomic E-state index is -0.947. The molecule has 0 spiro atoms. The maximum atomic E-state index is 2.42. The van der Waals surface area contributed by atoms with Gasteiger partial charge >= 0.3 is 0 Å². The summed E-state index contributed by atoms with van der Waals surface area (Å²) in [4.78, 5) is 0. The van der Waals surface area contributed by atoms with E-state index in [0.717, 1.165) is 0 Å². The number of benzene rings is 1. The van der Waals surface area contributed by atoms with E-state index in [2.05, 4.69) is 51.7 Å². The fraction of sp³-hybridized carbons (Fsp3) is 0.500. The van der Waals surface area contributed by atoms with Crippen molar-refractivity contribution in [3.05, 3.63) is 34.9 Å². The highest BCUT2D eigenvalue weighted by Gasteiger charge is 2.14. The van der Waals surface area contributed by atoms with Crippen molar-refractivity contribution in [3.8, 4) is 0 Å². The third-order valence-corrected chi connectivity index (χ3v) is 3.66. The third kappa shape index (κ3) is 3.35. The second-order valence-corrected chi connectivity index (χ2v) is 10.6. The lowest BCUT2D eigenvalue weighted by Gasteiger charge is -2.17. The van der Waals surface area contributed by atoms with Gasteiger partial charge in [0.1, 0.15) is 0 Å². The predicted molar refractivity (Wildman–Crippen MR) is 63.0 cm³/mol. The van der Waals surface area contributed by atoms with Gasteiger partial charge in [0.05, 0.1) is 0 Å². The van der Waals surface area contributed by atoms with Crippen LogP contribution in [0.3, 0.4) is 0 Å². The molecule has 72 valence electrons. The van der Waals surface area contributed by atoms with Crippen LogP contribution >= 0.6 is 0 Å². The smallest absolute Gasteiger partial charge is 0.0487 e. The van der Waals surface area contributed by atoms with Gasteiger partial charge in [-0.15, -0.1) is 0 Å². The molecule has 0 fully saturated rings. The molecule has 0 N–H and O–H groups in total. The molecule has 1 rings (SSSR count). The Morgan fingerprint density at radius 3 is 2.15 bits per heavy atom. The molecule has 0 saturated carbocycles. The maximum Gasteiger partial charge on any atom is 0.0487 e. The van der Waals surface area contributed by atoms with Gasteiger partial charge in [0.2, 0.25) is 0 Å². The molecule has 0 aromatic heterocycles. The van der Waals surface area contributed by atoms with E-state index in [-0.39, 0.29) is 0 Å². The van der Waals surface area contributed by atoms with Gasteiger partial charge in [-0.25, -0.2) is 0 Å². The Labute approximate surface area is 83.0 Å². The molecule has 0 saturated heterocycles. The molecule has 1 aromatic carbocycles. The Kier molecular flexibility index (Phi) is 2.97. The van der Waals surface area contributed by atoms with Crippen LogP contribution in [0.4, 0.5) is 0 Å². The number of hydrogen-bond donors (Lipinski definition) is 0. The standard InChI is InChI=1S/C12H20Si/c1-10-6-7-12(11(2)8-10)9-13(3,4)5/h6-8H,9H2,1-5H3. The molecule has 0 bridgehead atoms. The quantitative estimate of drug-likeness (QED) is 0.626. The summed E-state index contributed by atoms with van der Waals surface area (Å²) >= 11 is 0. The SMILES string of the molecule is Cc1ccc(C[Si](C)(C)C)c(C)c1. The van der Waals surface area contributed by atoms with E-state index >= 15 is 0 Å². The van der Waals surface area contributed by atoms with Gasteiger partial charge < -0.3 is 0 Å². The molecule has 1 heteroatoms. The van der Waals surface area contributed by atoms with Crippen LogP contribution in [0, 0.1) is 13.8 Å². The highest BCUT2D eigenvalue weighted by Crippen LogP contribution is 2.16. The molecule has 0 aliphatic carbocycles. The normalized spacial score (nSPS) is 11.8. The van der Waals surface area contributed by atoms with Gasteiger partial charge in [0.15, 0.2) is 0 Å². The molecule has 0 nitrogen and oxygen atoms in total. The van der Waals surface area contributed by atoms with Crippen LogP contribution < -0.4 is 0 Å². The van der Waals surface area contributed by atoms with Crippen molar-refractivity contribution in [3.63, 3.8) is 0 Å². The van der Waals surface area contributed by atoms with E-state index in [1.807, 2.05) is 0 Å². The molecule has 0 radical (unpaired) electrons. The van der Waals surface area contributed by atoms with Crippen molar-refractivity contribution < 1.29 is 0 Å². The zero-order valence-electron chi connectivity index (χ0n) is 9.44. The van der Waals surface area contributed by atoms with Crippen LogP contribution in [0.1, 0.15) is 16.7 Å². The number of rotatable bonds is 2.